The molecule has 5 nitrogen and oxygen atoms in total. The van der Waals surface area contributed by atoms with Gasteiger partial charge < -0.3 is 14.8 Å². The predicted octanol–water partition coefficient (Wildman–Crippen LogP) is 1.03. The van der Waals surface area contributed by atoms with E-state index in [1.54, 1.807) is 7.11 Å². The summed E-state index contributed by atoms with van der Waals surface area (Å²) in [6.45, 7) is 3.81. The summed E-state index contributed by atoms with van der Waals surface area (Å²) in [5.74, 6) is 1.65. The Labute approximate surface area is 96.2 Å². The molecule has 1 aromatic rings. The second kappa shape index (κ2) is 7.14. The van der Waals surface area contributed by atoms with Crippen molar-refractivity contribution >= 4 is 5.82 Å². The number of hydrogen-bond acceptors (Lipinski definition) is 5. The van der Waals surface area contributed by atoms with Crippen LogP contribution in [0.1, 0.15) is 11.5 Å². The van der Waals surface area contributed by atoms with Gasteiger partial charge in [-0.05, 0) is 6.92 Å². The molecule has 90 valence electrons. The molecule has 0 aliphatic carbocycles. The molecule has 0 saturated carbocycles. The van der Waals surface area contributed by atoms with Crippen molar-refractivity contribution < 1.29 is 9.47 Å². The summed E-state index contributed by atoms with van der Waals surface area (Å²) in [5.41, 5.74) is 0.964. The molecule has 0 aliphatic heterocycles. The van der Waals surface area contributed by atoms with E-state index in [1.165, 1.54) is 0 Å². The Morgan fingerprint density at radius 2 is 2.06 bits per heavy atom. The van der Waals surface area contributed by atoms with Crippen LogP contribution in [0, 0.1) is 6.92 Å². The van der Waals surface area contributed by atoms with Crippen LogP contribution in [0.3, 0.4) is 0 Å². The first kappa shape index (κ1) is 12.9. The highest BCUT2D eigenvalue weighted by Gasteiger charge is 2.01. The minimum atomic E-state index is 0.612. The normalized spacial score (nSPS) is 10.4. The molecule has 16 heavy (non-hydrogen) atoms. The van der Waals surface area contributed by atoms with Crippen LogP contribution in [0.25, 0.3) is 0 Å². The van der Waals surface area contributed by atoms with Gasteiger partial charge in [-0.2, -0.15) is 0 Å². The number of anilines is 1. The monoisotopic (exact) mass is 225 g/mol. The van der Waals surface area contributed by atoms with Gasteiger partial charge in [0, 0.05) is 32.3 Å². The van der Waals surface area contributed by atoms with Gasteiger partial charge >= 0.3 is 0 Å². The quantitative estimate of drug-likeness (QED) is 0.702. The Morgan fingerprint density at radius 3 is 2.75 bits per heavy atom. The number of nitrogens with zero attached hydrogens (tertiary/aromatic N) is 2. The van der Waals surface area contributed by atoms with Crippen molar-refractivity contribution in [2.75, 3.05) is 39.3 Å². The predicted molar refractivity (Wildman–Crippen MR) is 62.7 cm³/mol. The van der Waals surface area contributed by atoms with E-state index < -0.39 is 0 Å². The molecule has 1 N–H and O–H groups in total. The van der Waals surface area contributed by atoms with Gasteiger partial charge in [0.25, 0.3) is 0 Å². The average molecular weight is 225 g/mol. The van der Waals surface area contributed by atoms with Gasteiger partial charge in [-0.3, -0.25) is 0 Å². The second-order valence-electron chi connectivity index (χ2n) is 3.42. The Bertz CT molecular complexity index is 318. The zero-order valence-electron chi connectivity index (χ0n) is 10.1. The highest BCUT2D eigenvalue weighted by molar-refractivity contribution is 5.34. The largest absolute Gasteiger partial charge is 0.382 e. The van der Waals surface area contributed by atoms with Crippen molar-refractivity contribution in [1.82, 2.24) is 9.97 Å². The number of nitrogens with one attached hydrogen (secondary N) is 1. The molecule has 0 radical (unpaired) electrons. The van der Waals surface area contributed by atoms with E-state index in [1.807, 2.05) is 20.0 Å². The van der Waals surface area contributed by atoms with Gasteiger partial charge in [-0.25, -0.2) is 9.97 Å². The zero-order valence-corrected chi connectivity index (χ0v) is 10.1. The number of aromatic nitrogens is 2. The van der Waals surface area contributed by atoms with Gasteiger partial charge in [-0.15, -0.1) is 0 Å². The van der Waals surface area contributed by atoms with E-state index in [0.717, 1.165) is 23.8 Å². The molecule has 0 aliphatic rings. The summed E-state index contributed by atoms with van der Waals surface area (Å²) in [6, 6.07) is 1.91. The van der Waals surface area contributed by atoms with Gasteiger partial charge in [0.15, 0.2) is 0 Å². The molecule has 1 aromatic heterocycles. The third-order valence-corrected chi connectivity index (χ3v) is 2.06. The van der Waals surface area contributed by atoms with Crippen molar-refractivity contribution in [2.45, 2.75) is 13.3 Å². The number of aryl methyl sites for hydroxylation is 1. The number of ether oxygens (including phenoxy) is 2. The third-order valence-electron chi connectivity index (χ3n) is 2.06. The average Bonchev–Trinajstić information content (AvgIpc) is 2.28. The van der Waals surface area contributed by atoms with Crippen LogP contribution in [0.4, 0.5) is 5.82 Å². The lowest BCUT2D eigenvalue weighted by atomic mass is 10.3. The maximum atomic E-state index is 5.37. The summed E-state index contributed by atoms with van der Waals surface area (Å²) < 4.78 is 10.2. The van der Waals surface area contributed by atoms with Gasteiger partial charge in [0.05, 0.1) is 19.8 Å². The summed E-state index contributed by atoms with van der Waals surface area (Å²) in [5, 5.41) is 3.01. The minimum absolute atomic E-state index is 0.612. The van der Waals surface area contributed by atoms with Crippen molar-refractivity contribution in [3.05, 3.63) is 17.6 Å². The summed E-state index contributed by atoms with van der Waals surface area (Å²) in [7, 11) is 3.51. The van der Waals surface area contributed by atoms with Crippen LogP contribution in [0.15, 0.2) is 6.07 Å². The summed E-state index contributed by atoms with van der Waals surface area (Å²) >= 11 is 0. The molecule has 1 rings (SSSR count). The standard InChI is InChI=1S/C11H19N3O2/c1-9-8-11(12-2)14-10(13-9)4-5-16-7-6-15-3/h8H,4-7H2,1-3H3,(H,12,13,14). The molecule has 0 atom stereocenters. The molecular formula is C11H19N3O2. The van der Waals surface area contributed by atoms with E-state index in [2.05, 4.69) is 15.3 Å². The minimum Gasteiger partial charge on any atom is -0.382 e. The van der Waals surface area contributed by atoms with Crippen LogP contribution in [0.5, 0.6) is 0 Å². The van der Waals surface area contributed by atoms with Crippen LogP contribution >= 0.6 is 0 Å². The van der Waals surface area contributed by atoms with E-state index in [-0.39, 0.29) is 0 Å². The van der Waals surface area contributed by atoms with E-state index in [0.29, 0.717) is 19.8 Å². The lowest BCUT2D eigenvalue weighted by Gasteiger charge is -2.06. The Kier molecular flexibility index (Phi) is 5.74. The van der Waals surface area contributed by atoms with E-state index in [4.69, 9.17) is 9.47 Å². The summed E-state index contributed by atoms with van der Waals surface area (Å²) in [6.07, 6.45) is 0.722. The molecule has 0 spiro atoms. The van der Waals surface area contributed by atoms with Crippen molar-refractivity contribution in [2.24, 2.45) is 0 Å². The topological polar surface area (TPSA) is 56.3 Å². The highest BCUT2D eigenvalue weighted by Crippen LogP contribution is 2.05. The fourth-order valence-corrected chi connectivity index (χ4v) is 1.28. The molecular weight excluding hydrogens is 206 g/mol. The Hall–Kier alpha value is -1.20. The molecule has 5 heteroatoms. The van der Waals surface area contributed by atoms with Gasteiger partial charge in [0.2, 0.25) is 0 Å². The Morgan fingerprint density at radius 1 is 1.25 bits per heavy atom. The van der Waals surface area contributed by atoms with Crippen LogP contribution in [0.2, 0.25) is 0 Å². The molecule has 0 unspecified atom stereocenters. The first-order valence-corrected chi connectivity index (χ1v) is 5.35. The van der Waals surface area contributed by atoms with Crippen LogP contribution in [-0.2, 0) is 15.9 Å². The molecule has 0 fully saturated rings. The van der Waals surface area contributed by atoms with Crippen molar-refractivity contribution in [1.29, 1.82) is 0 Å². The lowest BCUT2D eigenvalue weighted by molar-refractivity contribution is 0.0716. The maximum absolute atomic E-state index is 5.37. The number of hydrogen-bond donors (Lipinski definition) is 1. The first-order valence-electron chi connectivity index (χ1n) is 5.35. The zero-order chi connectivity index (χ0) is 11.8. The lowest BCUT2D eigenvalue weighted by Crippen LogP contribution is -2.08. The van der Waals surface area contributed by atoms with Crippen LogP contribution in [-0.4, -0.2) is 43.9 Å². The third kappa shape index (κ3) is 4.55. The van der Waals surface area contributed by atoms with E-state index >= 15 is 0 Å². The molecule has 0 aromatic carbocycles. The molecule has 0 bridgehead atoms. The summed E-state index contributed by atoms with van der Waals surface area (Å²) in [4.78, 5) is 8.67. The van der Waals surface area contributed by atoms with Crippen molar-refractivity contribution in [3.63, 3.8) is 0 Å². The molecule has 0 saturated heterocycles. The smallest absolute Gasteiger partial charge is 0.133 e. The van der Waals surface area contributed by atoms with E-state index in [9.17, 15) is 0 Å². The Balaban J connectivity index is 2.38. The molecule has 0 amide bonds. The van der Waals surface area contributed by atoms with Gasteiger partial charge in [0.1, 0.15) is 11.6 Å². The molecule has 1 heterocycles. The first-order chi connectivity index (χ1) is 7.76. The SMILES string of the molecule is CNc1cc(C)nc(CCOCCOC)n1. The number of rotatable bonds is 7. The number of methoxy groups -OCH3 is 1. The van der Waals surface area contributed by atoms with Crippen molar-refractivity contribution in [3.8, 4) is 0 Å². The highest BCUT2D eigenvalue weighted by atomic mass is 16.5. The fourth-order valence-electron chi connectivity index (χ4n) is 1.28. The second-order valence-corrected chi connectivity index (χ2v) is 3.42. The fraction of sp³-hybridized carbons (Fsp3) is 0.636. The van der Waals surface area contributed by atoms with Crippen LogP contribution < -0.4 is 5.32 Å². The maximum Gasteiger partial charge on any atom is 0.133 e. The van der Waals surface area contributed by atoms with Gasteiger partial charge in [-0.1, -0.05) is 0 Å².